The van der Waals surface area contributed by atoms with Gasteiger partial charge in [0, 0.05) is 6.92 Å². The Balaban J connectivity index is 2.00. The van der Waals surface area contributed by atoms with Gasteiger partial charge in [0.05, 0.1) is 0 Å². The monoisotopic (exact) mass is 232 g/mol. The molecule has 3 nitrogen and oxygen atoms in total. The highest BCUT2D eigenvalue weighted by Gasteiger charge is 2.26. The summed E-state index contributed by atoms with van der Waals surface area (Å²) in [6.45, 7) is 3.70. The first-order valence-corrected chi connectivity index (χ1v) is 5.69. The molecular formula is C14H16O3. The molecule has 1 aromatic rings. The highest BCUT2D eigenvalue weighted by atomic mass is 16.6. The van der Waals surface area contributed by atoms with Gasteiger partial charge in [0.15, 0.2) is 0 Å². The van der Waals surface area contributed by atoms with E-state index in [9.17, 15) is 4.79 Å². The Labute approximate surface area is 101 Å². The van der Waals surface area contributed by atoms with Crippen LogP contribution in [-0.2, 0) is 14.3 Å². The molecule has 0 unspecified atom stereocenters. The average molecular weight is 232 g/mol. The lowest BCUT2D eigenvalue weighted by molar-refractivity contribution is -0.144. The predicted molar refractivity (Wildman–Crippen MR) is 64.4 cm³/mol. The number of hydrogen-bond donors (Lipinski definition) is 0. The Hall–Kier alpha value is -1.61. The molecule has 17 heavy (non-hydrogen) atoms. The molecule has 0 amide bonds. The van der Waals surface area contributed by atoms with Crippen molar-refractivity contribution in [2.45, 2.75) is 26.1 Å². The van der Waals surface area contributed by atoms with Crippen molar-refractivity contribution in [2.24, 2.45) is 0 Å². The van der Waals surface area contributed by atoms with Gasteiger partial charge < -0.3 is 9.47 Å². The third-order valence-corrected chi connectivity index (χ3v) is 2.80. The first-order chi connectivity index (χ1) is 8.16. The zero-order valence-electron chi connectivity index (χ0n) is 10.1. The lowest BCUT2D eigenvalue weighted by Gasteiger charge is -2.15. The van der Waals surface area contributed by atoms with Gasteiger partial charge in [-0.2, -0.15) is 0 Å². The molecule has 0 spiro atoms. The Morgan fingerprint density at radius 2 is 2.06 bits per heavy atom. The van der Waals surface area contributed by atoms with Crippen molar-refractivity contribution in [2.75, 3.05) is 6.61 Å². The highest BCUT2D eigenvalue weighted by Crippen LogP contribution is 2.30. The van der Waals surface area contributed by atoms with E-state index in [0.29, 0.717) is 6.61 Å². The largest absolute Gasteiger partial charge is 0.463 e. The molecule has 0 aromatic heterocycles. The number of hydrogen-bond acceptors (Lipinski definition) is 3. The second kappa shape index (κ2) is 5.15. The summed E-state index contributed by atoms with van der Waals surface area (Å²) < 4.78 is 10.8. The lowest BCUT2D eigenvalue weighted by atomic mass is 10.1. The van der Waals surface area contributed by atoms with Crippen molar-refractivity contribution in [1.29, 1.82) is 0 Å². The van der Waals surface area contributed by atoms with Crippen LogP contribution in [0.4, 0.5) is 0 Å². The maximum absolute atomic E-state index is 10.8. The molecule has 0 fully saturated rings. The van der Waals surface area contributed by atoms with Gasteiger partial charge in [-0.1, -0.05) is 30.3 Å². The summed E-state index contributed by atoms with van der Waals surface area (Å²) in [5, 5.41) is 0. The van der Waals surface area contributed by atoms with Gasteiger partial charge in [0.25, 0.3) is 0 Å². The normalized spacial score (nSPS) is 23.3. The quantitative estimate of drug-likeness (QED) is 0.593. The van der Waals surface area contributed by atoms with Crippen LogP contribution in [0.25, 0.3) is 0 Å². The summed E-state index contributed by atoms with van der Waals surface area (Å²) in [6, 6.07) is 10.0. The van der Waals surface area contributed by atoms with Crippen molar-refractivity contribution in [1.82, 2.24) is 0 Å². The van der Waals surface area contributed by atoms with E-state index in [0.717, 1.165) is 11.1 Å². The fourth-order valence-corrected chi connectivity index (χ4v) is 1.85. The molecule has 1 aliphatic heterocycles. The maximum Gasteiger partial charge on any atom is 0.302 e. The molecule has 0 saturated carbocycles. The molecular weight excluding hydrogens is 216 g/mol. The molecule has 1 aromatic carbocycles. The standard InChI is InChI=1S/C14H16O3/c1-10-8-13(12-6-4-3-5-7-12)17-14(10)9-16-11(2)15/h3-8,13-14H,9H2,1-2H3/t13-,14-/m0/s1. The van der Waals surface area contributed by atoms with Crippen LogP contribution >= 0.6 is 0 Å². The third-order valence-electron chi connectivity index (χ3n) is 2.80. The van der Waals surface area contributed by atoms with E-state index in [1.54, 1.807) is 0 Å². The van der Waals surface area contributed by atoms with E-state index in [1.807, 2.05) is 37.3 Å². The van der Waals surface area contributed by atoms with Crippen LogP contribution in [-0.4, -0.2) is 18.7 Å². The first kappa shape index (κ1) is 11.9. The SMILES string of the molecule is CC(=O)OC[C@@H]1O[C@H](c2ccccc2)C=C1C. The Kier molecular flexibility index (Phi) is 3.59. The zero-order valence-corrected chi connectivity index (χ0v) is 10.1. The van der Waals surface area contributed by atoms with E-state index in [4.69, 9.17) is 9.47 Å². The van der Waals surface area contributed by atoms with E-state index >= 15 is 0 Å². The summed E-state index contributed by atoms with van der Waals surface area (Å²) in [7, 11) is 0. The summed E-state index contributed by atoms with van der Waals surface area (Å²) >= 11 is 0. The molecule has 1 aliphatic rings. The molecule has 2 atom stereocenters. The van der Waals surface area contributed by atoms with E-state index in [2.05, 4.69) is 6.08 Å². The number of carbonyl (C=O) groups is 1. The minimum atomic E-state index is -0.274. The van der Waals surface area contributed by atoms with Gasteiger partial charge in [-0.15, -0.1) is 0 Å². The molecule has 90 valence electrons. The molecule has 0 aliphatic carbocycles. The zero-order chi connectivity index (χ0) is 12.3. The molecule has 1 heterocycles. The first-order valence-electron chi connectivity index (χ1n) is 5.69. The van der Waals surface area contributed by atoms with Crippen LogP contribution in [0.2, 0.25) is 0 Å². The number of carbonyl (C=O) groups excluding carboxylic acids is 1. The van der Waals surface area contributed by atoms with Crippen LogP contribution in [0.1, 0.15) is 25.5 Å². The molecule has 0 radical (unpaired) electrons. The minimum Gasteiger partial charge on any atom is -0.463 e. The second-order valence-electron chi connectivity index (χ2n) is 4.17. The number of benzene rings is 1. The maximum atomic E-state index is 10.8. The van der Waals surface area contributed by atoms with Gasteiger partial charge in [0.1, 0.15) is 18.8 Å². The predicted octanol–water partition coefficient (Wildman–Crippen LogP) is 2.64. The van der Waals surface area contributed by atoms with Gasteiger partial charge >= 0.3 is 5.97 Å². The molecule has 3 heteroatoms. The summed E-state index contributed by atoms with van der Waals surface area (Å²) in [5.74, 6) is -0.274. The topological polar surface area (TPSA) is 35.5 Å². The minimum absolute atomic E-state index is 0.0308. The van der Waals surface area contributed by atoms with Gasteiger partial charge in [-0.25, -0.2) is 0 Å². The van der Waals surface area contributed by atoms with Crippen molar-refractivity contribution < 1.29 is 14.3 Å². The van der Waals surface area contributed by atoms with Crippen LogP contribution in [0, 0.1) is 0 Å². The van der Waals surface area contributed by atoms with Crippen molar-refractivity contribution in [3.8, 4) is 0 Å². The highest BCUT2D eigenvalue weighted by molar-refractivity contribution is 5.65. The fraction of sp³-hybridized carbons (Fsp3) is 0.357. The van der Waals surface area contributed by atoms with Crippen molar-refractivity contribution in [3.63, 3.8) is 0 Å². The lowest BCUT2D eigenvalue weighted by Crippen LogP contribution is -2.19. The van der Waals surface area contributed by atoms with Gasteiger partial charge in [-0.05, 0) is 24.1 Å². The fourth-order valence-electron chi connectivity index (χ4n) is 1.85. The second-order valence-corrected chi connectivity index (χ2v) is 4.17. The Bertz CT molecular complexity index is 422. The Morgan fingerprint density at radius 1 is 1.35 bits per heavy atom. The van der Waals surface area contributed by atoms with Crippen molar-refractivity contribution in [3.05, 3.63) is 47.5 Å². The number of rotatable bonds is 3. The third kappa shape index (κ3) is 2.94. The van der Waals surface area contributed by atoms with Crippen molar-refractivity contribution >= 4 is 5.97 Å². The molecule has 0 saturated heterocycles. The van der Waals surface area contributed by atoms with E-state index in [-0.39, 0.29) is 18.2 Å². The molecule has 0 bridgehead atoms. The number of ether oxygens (including phenoxy) is 2. The van der Waals surface area contributed by atoms with E-state index < -0.39 is 0 Å². The van der Waals surface area contributed by atoms with Gasteiger partial charge in [-0.3, -0.25) is 4.79 Å². The van der Waals surface area contributed by atoms with Crippen LogP contribution in [0.5, 0.6) is 0 Å². The van der Waals surface area contributed by atoms with Crippen LogP contribution < -0.4 is 0 Å². The number of esters is 1. The van der Waals surface area contributed by atoms with Crippen LogP contribution in [0.3, 0.4) is 0 Å². The average Bonchev–Trinajstić information content (AvgIpc) is 2.69. The van der Waals surface area contributed by atoms with Gasteiger partial charge in [0.2, 0.25) is 0 Å². The van der Waals surface area contributed by atoms with Crippen LogP contribution in [0.15, 0.2) is 42.0 Å². The van der Waals surface area contributed by atoms with E-state index in [1.165, 1.54) is 6.92 Å². The molecule has 2 rings (SSSR count). The smallest absolute Gasteiger partial charge is 0.302 e. The summed E-state index contributed by atoms with van der Waals surface area (Å²) in [5.41, 5.74) is 2.23. The summed E-state index contributed by atoms with van der Waals surface area (Å²) in [6.07, 6.45) is 1.92. The Morgan fingerprint density at radius 3 is 2.71 bits per heavy atom. The summed E-state index contributed by atoms with van der Waals surface area (Å²) in [4.78, 5) is 10.8. The molecule has 0 N–H and O–H groups in total.